The van der Waals surface area contributed by atoms with Gasteiger partial charge in [-0.2, -0.15) is 10.4 Å². The molecule has 98 valence electrons. The first-order chi connectivity index (χ1) is 9.06. The highest BCUT2D eigenvalue weighted by Crippen LogP contribution is 2.15. The Morgan fingerprint density at radius 1 is 1.53 bits per heavy atom. The summed E-state index contributed by atoms with van der Waals surface area (Å²) >= 11 is 0. The zero-order valence-electron chi connectivity index (χ0n) is 10.1. The van der Waals surface area contributed by atoms with E-state index in [4.69, 9.17) is 16.4 Å². The molecule has 0 atom stereocenters. The van der Waals surface area contributed by atoms with Crippen LogP contribution < -0.4 is 16.5 Å². The summed E-state index contributed by atoms with van der Waals surface area (Å²) in [5.41, 5.74) is 8.48. The first-order valence-electron chi connectivity index (χ1n) is 5.10. The first-order valence-corrected chi connectivity index (χ1v) is 5.10. The lowest BCUT2D eigenvalue weighted by Gasteiger charge is -2.06. The van der Waals surface area contributed by atoms with Gasteiger partial charge >= 0.3 is 6.09 Å². The van der Waals surface area contributed by atoms with Gasteiger partial charge in [-0.25, -0.2) is 4.79 Å². The Bertz CT molecular complexity index is 561. The Morgan fingerprint density at radius 3 is 2.79 bits per heavy atom. The summed E-state index contributed by atoms with van der Waals surface area (Å²) in [7, 11) is 1.26. The molecule has 0 saturated carbocycles. The topological polar surface area (TPSA) is 136 Å². The number of nitrogens with one attached hydrogen (secondary N) is 3. The summed E-state index contributed by atoms with van der Waals surface area (Å²) < 4.78 is 4.46. The van der Waals surface area contributed by atoms with Gasteiger partial charge in [-0.15, -0.1) is 0 Å². The smallest absolute Gasteiger partial charge is 0.411 e. The molecule has 0 heterocycles. The van der Waals surface area contributed by atoms with Crippen LogP contribution in [0.3, 0.4) is 0 Å². The summed E-state index contributed by atoms with van der Waals surface area (Å²) in [5, 5.41) is 21.9. The second-order valence-electron chi connectivity index (χ2n) is 3.30. The minimum Gasteiger partial charge on any atom is -0.453 e. The fourth-order valence-electron chi connectivity index (χ4n) is 1.10. The molecule has 1 rings (SSSR count). The number of ether oxygens (including phenoxy) is 1. The van der Waals surface area contributed by atoms with Crippen molar-refractivity contribution in [3.05, 3.63) is 24.3 Å². The molecule has 0 bridgehead atoms. The zero-order valence-corrected chi connectivity index (χ0v) is 10.1. The average molecular weight is 260 g/mol. The van der Waals surface area contributed by atoms with Crippen LogP contribution in [0.2, 0.25) is 0 Å². The number of nitrogens with zero attached hydrogens (tertiary/aromatic N) is 2. The van der Waals surface area contributed by atoms with E-state index in [2.05, 4.69) is 20.6 Å². The molecule has 0 aliphatic heterocycles. The van der Waals surface area contributed by atoms with E-state index in [0.29, 0.717) is 11.4 Å². The Balaban J connectivity index is 2.81. The normalized spacial score (nSPS) is 10.2. The van der Waals surface area contributed by atoms with Crippen LogP contribution in [0, 0.1) is 16.7 Å². The number of nitrogens with two attached hydrogens (primary N) is 1. The van der Waals surface area contributed by atoms with Crippen molar-refractivity contribution in [3.8, 4) is 6.07 Å². The van der Waals surface area contributed by atoms with Gasteiger partial charge in [0.25, 0.3) is 0 Å². The van der Waals surface area contributed by atoms with Crippen molar-refractivity contribution < 1.29 is 9.53 Å². The third-order valence-electron chi connectivity index (χ3n) is 1.95. The molecule has 0 radical (unpaired) electrons. The van der Waals surface area contributed by atoms with Crippen LogP contribution in [0.5, 0.6) is 0 Å². The number of methoxy groups -OCH3 is 1. The second kappa shape index (κ2) is 6.61. The molecule has 19 heavy (non-hydrogen) atoms. The summed E-state index contributed by atoms with van der Waals surface area (Å²) in [4.78, 5) is 11.0. The van der Waals surface area contributed by atoms with Gasteiger partial charge in [0.15, 0.2) is 5.84 Å². The largest absolute Gasteiger partial charge is 0.453 e. The maximum Gasteiger partial charge on any atom is 0.411 e. The summed E-state index contributed by atoms with van der Waals surface area (Å²) in [6.07, 6.45) is -0.595. The zero-order chi connectivity index (χ0) is 14.3. The molecular formula is C11H12N6O2. The minimum absolute atomic E-state index is 0.230. The Morgan fingerprint density at radius 2 is 2.21 bits per heavy atom. The maximum absolute atomic E-state index is 11.0. The van der Waals surface area contributed by atoms with Gasteiger partial charge in [0.2, 0.25) is 5.71 Å². The van der Waals surface area contributed by atoms with Gasteiger partial charge in [-0.05, 0) is 18.2 Å². The molecule has 1 amide bonds. The number of carbonyl (C=O) groups is 1. The van der Waals surface area contributed by atoms with Crippen LogP contribution in [-0.4, -0.2) is 24.8 Å². The molecule has 5 N–H and O–H groups in total. The van der Waals surface area contributed by atoms with E-state index in [1.165, 1.54) is 7.11 Å². The van der Waals surface area contributed by atoms with E-state index in [1.807, 2.05) is 0 Å². The van der Waals surface area contributed by atoms with Crippen LogP contribution in [0.15, 0.2) is 29.4 Å². The molecule has 1 aromatic carbocycles. The lowest BCUT2D eigenvalue weighted by molar-refractivity contribution is 0.187. The summed E-state index contributed by atoms with van der Waals surface area (Å²) in [5.74, 6) is -0.432. The highest BCUT2D eigenvalue weighted by atomic mass is 16.5. The van der Waals surface area contributed by atoms with Crippen LogP contribution >= 0.6 is 0 Å². The fraction of sp³-hybridized carbons (Fsp3) is 0.0909. The molecule has 0 aromatic heterocycles. The number of amidine groups is 1. The number of amides is 1. The lowest BCUT2D eigenvalue weighted by atomic mass is 10.3. The molecule has 0 spiro atoms. The van der Waals surface area contributed by atoms with Crippen LogP contribution in [0.25, 0.3) is 0 Å². The molecule has 1 aromatic rings. The van der Waals surface area contributed by atoms with Crippen LogP contribution in [-0.2, 0) is 4.74 Å². The number of anilines is 2. The third kappa shape index (κ3) is 4.35. The molecule has 8 nitrogen and oxygen atoms in total. The van der Waals surface area contributed by atoms with E-state index in [1.54, 1.807) is 30.3 Å². The van der Waals surface area contributed by atoms with Gasteiger partial charge in [0, 0.05) is 5.69 Å². The quantitative estimate of drug-likeness (QED) is 0.365. The number of carbonyl (C=O) groups excluding carboxylic acids is 1. The number of benzene rings is 1. The monoisotopic (exact) mass is 260 g/mol. The second-order valence-corrected chi connectivity index (χ2v) is 3.30. The van der Waals surface area contributed by atoms with E-state index in [-0.39, 0.29) is 5.71 Å². The number of hydrogen-bond acceptors (Lipinski definition) is 6. The third-order valence-corrected chi connectivity index (χ3v) is 1.95. The Labute approximate surface area is 109 Å². The maximum atomic E-state index is 11.0. The van der Waals surface area contributed by atoms with Crippen molar-refractivity contribution in [3.63, 3.8) is 0 Å². The average Bonchev–Trinajstić information content (AvgIpc) is 2.39. The summed E-state index contributed by atoms with van der Waals surface area (Å²) in [6, 6.07) is 8.25. The van der Waals surface area contributed by atoms with Crippen molar-refractivity contribution in [2.24, 2.45) is 10.8 Å². The molecule has 0 aliphatic rings. The standard InChI is InChI=1S/C11H12N6O2/c1-19-11(18)15-7-3-2-4-8(5-7)16-17-9(6-12)10(13)14/h2-5,16H,1H3,(H3,13,14)(H,15,18)/b17-9+. The van der Waals surface area contributed by atoms with Crippen molar-refractivity contribution in [1.82, 2.24) is 0 Å². The highest BCUT2D eigenvalue weighted by molar-refractivity contribution is 6.45. The lowest BCUT2D eigenvalue weighted by Crippen LogP contribution is -2.21. The molecule has 0 fully saturated rings. The van der Waals surface area contributed by atoms with Gasteiger partial charge in [0.1, 0.15) is 6.07 Å². The highest BCUT2D eigenvalue weighted by Gasteiger charge is 2.03. The first kappa shape index (κ1) is 14.0. The molecule has 0 saturated heterocycles. The van der Waals surface area contributed by atoms with Gasteiger partial charge in [-0.1, -0.05) is 6.07 Å². The molecule has 8 heteroatoms. The van der Waals surface area contributed by atoms with Gasteiger partial charge < -0.3 is 10.5 Å². The SMILES string of the molecule is COC(=O)Nc1cccc(N/N=C(\C#N)C(=N)N)c1. The Hall–Kier alpha value is -3.08. The molecule has 0 aliphatic carbocycles. The molecule has 0 unspecified atom stereocenters. The number of hydrazone groups is 1. The fourth-order valence-corrected chi connectivity index (χ4v) is 1.10. The van der Waals surface area contributed by atoms with Crippen molar-refractivity contribution in [1.29, 1.82) is 10.7 Å². The van der Waals surface area contributed by atoms with Crippen LogP contribution in [0.1, 0.15) is 0 Å². The van der Waals surface area contributed by atoms with Crippen LogP contribution in [0.4, 0.5) is 16.2 Å². The predicted molar refractivity (Wildman–Crippen MR) is 71.1 cm³/mol. The summed E-state index contributed by atoms with van der Waals surface area (Å²) in [6.45, 7) is 0. The van der Waals surface area contributed by atoms with E-state index in [9.17, 15) is 4.79 Å². The van der Waals surface area contributed by atoms with Gasteiger partial charge in [-0.3, -0.25) is 16.2 Å². The van der Waals surface area contributed by atoms with E-state index < -0.39 is 11.9 Å². The number of hydrogen-bond donors (Lipinski definition) is 4. The number of rotatable bonds is 4. The van der Waals surface area contributed by atoms with Crippen molar-refractivity contribution >= 4 is 29.0 Å². The molecular weight excluding hydrogens is 248 g/mol. The number of nitriles is 1. The minimum atomic E-state index is -0.595. The predicted octanol–water partition coefficient (Wildman–Crippen LogP) is 1.09. The van der Waals surface area contributed by atoms with E-state index in [0.717, 1.165) is 0 Å². The van der Waals surface area contributed by atoms with E-state index >= 15 is 0 Å². The van der Waals surface area contributed by atoms with Crippen molar-refractivity contribution in [2.75, 3.05) is 17.9 Å². The Kier molecular flexibility index (Phi) is 4.86. The van der Waals surface area contributed by atoms with Crippen molar-refractivity contribution in [2.45, 2.75) is 0 Å². The van der Waals surface area contributed by atoms with Gasteiger partial charge in [0.05, 0.1) is 12.8 Å².